The molecule has 4 heteroatoms. The molecule has 0 spiro atoms. The highest BCUT2D eigenvalue weighted by Crippen LogP contribution is 2.43. The van der Waals surface area contributed by atoms with Crippen molar-refractivity contribution in [3.63, 3.8) is 0 Å². The molecule has 1 saturated carbocycles. The summed E-state index contributed by atoms with van der Waals surface area (Å²) in [4.78, 5) is 9.02. The van der Waals surface area contributed by atoms with Crippen LogP contribution in [0.25, 0.3) is 5.52 Å². The van der Waals surface area contributed by atoms with Gasteiger partial charge in [-0.15, -0.1) is 0 Å². The maximum atomic E-state index is 6.01. The van der Waals surface area contributed by atoms with E-state index in [9.17, 15) is 0 Å². The number of imidazole rings is 1. The summed E-state index contributed by atoms with van der Waals surface area (Å²) in [5.41, 5.74) is 8.18. The second-order valence-electron chi connectivity index (χ2n) is 5.88. The van der Waals surface area contributed by atoms with Crippen LogP contribution in [-0.4, -0.2) is 14.4 Å². The van der Waals surface area contributed by atoms with E-state index < -0.39 is 0 Å². The molecule has 2 aromatic rings. The number of aromatic nitrogens is 3. The quantitative estimate of drug-likeness (QED) is 0.818. The average Bonchev–Trinajstić information content (AvgIpc) is 2.98. The van der Waals surface area contributed by atoms with Crippen LogP contribution < -0.4 is 5.73 Å². The second kappa shape index (κ2) is 3.22. The summed E-state index contributed by atoms with van der Waals surface area (Å²) in [6, 6.07) is 0. The summed E-state index contributed by atoms with van der Waals surface area (Å²) in [5.74, 6) is 2.26. The van der Waals surface area contributed by atoms with E-state index in [1.165, 1.54) is 12.8 Å². The van der Waals surface area contributed by atoms with E-state index in [0.717, 1.165) is 17.0 Å². The zero-order valence-corrected chi connectivity index (χ0v) is 10.6. The van der Waals surface area contributed by atoms with Crippen molar-refractivity contribution in [1.29, 1.82) is 0 Å². The Morgan fingerprint density at radius 2 is 2.06 bits per heavy atom. The van der Waals surface area contributed by atoms with Gasteiger partial charge in [0, 0.05) is 23.7 Å². The topological polar surface area (TPSA) is 56.2 Å². The van der Waals surface area contributed by atoms with E-state index >= 15 is 0 Å². The lowest BCUT2D eigenvalue weighted by Gasteiger charge is -2.16. The summed E-state index contributed by atoms with van der Waals surface area (Å²) in [6.07, 6.45) is 6.16. The molecule has 90 valence electrons. The van der Waals surface area contributed by atoms with Gasteiger partial charge in [-0.25, -0.2) is 9.97 Å². The van der Waals surface area contributed by atoms with Crippen molar-refractivity contribution in [3.05, 3.63) is 23.9 Å². The molecule has 3 rings (SSSR count). The van der Waals surface area contributed by atoms with Crippen molar-refractivity contribution in [2.45, 2.75) is 44.9 Å². The lowest BCUT2D eigenvalue weighted by Crippen LogP contribution is -2.16. The smallest absolute Gasteiger partial charge is 0.149 e. The number of anilines is 1. The Hall–Kier alpha value is -1.58. The number of nitrogen functional groups attached to an aromatic ring is 1. The fraction of sp³-hybridized carbons (Fsp3) is 0.538. The third-order valence-electron chi connectivity index (χ3n) is 3.24. The minimum absolute atomic E-state index is 0.0177. The van der Waals surface area contributed by atoms with Crippen LogP contribution in [0.3, 0.4) is 0 Å². The molecule has 4 nitrogen and oxygen atoms in total. The molecule has 0 atom stereocenters. The van der Waals surface area contributed by atoms with Crippen molar-refractivity contribution in [3.8, 4) is 0 Å². The summed E-state index contributed by atoms with van der Waals surface area (Å²) in [7, 11) is 0. The first-order valence-electron chi connectivity index (χ1n) is 6.11. The molecular formula is C13H18N4. The van der Waals surface area contributed by atoms with Crippen LogP contribution in [0.5, 0.6) is 0 Å². The number of nitrogens with zero attached hydrogens (tertiary/aromatic N) is 3. The normalized spacial score (nSPS) is 16.6. The Labute approximate surface area is 101 Å². The fourth-order valence-electron chi connectivity index (χ4n) is 2.26. The monoisotopic (exact) mass is 230 g/mol. The fourth-order valence-corrected chi connectivity index (χ4v) is 2.26. The number of hydrogen-bond acceptors (Lipinski definition) is 3. The van der Waals surface area contributed by atoms with Crippen LogP contribution in [0.1, 0.15) is 51.0 Å². The zero-order valence-electron chi connectivity index (χ0n) is 10.6. The van der Waals surface area contributed by atoms with Gasteiger partial charge in [0.15, 0.2) is 0 Å². The van der Waals surface area contributed by atoms with Crippen LogP contribution in [0.15, 0.2) is 12.4 Å². The van der Waals surface area contributed by atoms with Crippen molar-refractivity contribution < 1.29 is 0 Å². The van der Waals surface area contributed by atoms with Crippen LogP contribution in [0, 0.1) is 0 Å². The SMILES string of the molecule is CC(C)(C)c1nc(C2CC2)c2c(N)nccn12. The molecule has 0 saturated heterocycles. The van der Waals surface area contributed by atoms with E-state index in [0.29, 0.717) is 11.7 Å². The Morgan fingerprint density at radius 3 is 2.65 bits per heavy atom. The average molecular weight is 230 g/mol. The lowest BCUT2D eigenvalue weighted by molar-refractivity contribution is 0.541. The largest absolute Gasteiger partial charge is 0.382 e. The molecule has 0 unspecified atom stereocenters. The van der Waals surface area contributed by atoms with Crippen molar-refractivity contribution in [1.82, 2.24) is 14.4 Å². The highest BCUT2D eigenvalue weighted by molar-refractivity contribution is 5.70. The van der Waals surface area contributed by atoms with Crippen molar-refractivity contribution >= 4 is 11.3 Å². The Balaban J connectivity index is 2.34. The Bertz CT molecular complexity index is 573. The van der Waals surface area contributed by atoms with Crippen LogP contribution in [-0.2, 0) is 5.41 Å². The molecule has 0 bridgehead atoms. The van der Waals surface area contributed by atoms with Gasteiger partial charge in [-0.1, -0.05) is 20.8 Å². The van der Waals surface area contributed by atoms with Gasteiger partial charge in [-0.2, -0.15) is 0 Å². The van der Waals surface area contributed by atoms with Crippen LogP contribution in [0.2, 0.25) is 0 Å². The Morgan fingerprint density at radius 1 is 1.35 bits per heavy atom. The molecule has 1 fully saturated rings. The van der Waals surface area contributed by atoms with E-state index in [1.54, 1.807) is 6.20 Å². The molecule has 1 aliphatic rings. The third kappa shape index (κ3) is 1.59. The van der Waals surface area contributed by atoms with E-state index in [4.69, 9.17) is 10.7 Å². The Kier molecular flexibility index (Phi) is 2.00. The molecule has 2 heterocycles. The van der Waals surface area contributed by atoms with Gasteiger partial charge in [0.05, 0.1) is 5.69 Å². The predicted molar refractivity (Wildman–Crippen MR) is 68.1 cm³/mol. The minimum atomic E-state index is 0.0177. The summed E-state index contributed by atoms with van der Waals surface area (Å²) < 4.78 is 2.11. The molecule has 17 heavy (non-hydrogen) atoms. The highest BCUT2D eigenvalue weighted by Gasteiger charge is 2.32. The first-order valence-corrected chi connectivity index (χ1v) is 6.11. The first-order chi connectivity index (χ1) is 7.98. The van der Waals surface area contributed by atoms with E-state index in [-0.39, 0.29) is 5.41 Å². The number of fused-ring (bicyclic) bond motifs is 1. The van der Waals surface area contributed by atoms with Crippen LogP contribution in [0.4, 0.5) is 5.82 Å². The second-order valence-corrected chi connectivity index (χ2v) is 5.88. The van der Waals surface area contributed by atoms with Crippen molar-refractivity contribution in [2.24, 2.45) is 0 Å². The predicted octanol–water partition coefficient (Wildman–Crippen LogP) is 2.49. The molecule has 2 aromatic heterocycles. The lowest BCUT2D eigenvalue weighted by atomic mass is 9.96. The number of hydrogen-bond donors (Lipinski definition) is 1. The molecule has 0 aromatic carbocycles. The summed E-state index contributed by atoms with van der Waals surface area (Å²) >= 11 is 0. The molecule has 0 radical (unpaired) electrons. The van der Waals surface area contributed by atoms with Gasteiger partial charge in [0.2, 0.25) is 0 Å². The zero-order chi connectivity index (χ0) is 12.2. The molecule has 0 amide bonds. The van der Waals surface area contributed by atoms with Gasteiger partial charge >= 0.3 is 0 Å². The number of nitrogens with two attached hydrogens (primary N) is 1. The van der Waals surface area contributed by atoms with Crippen molar-refractivity contribution in [2.75, 3.05) is 5.73 Å². The van der Waals surface area contributed by atoms with Gasteiger partial charge in [-0.3, -0.25) is 4.40 Å². The maximum absolute atomic E-state index is 6.01. The standard InChI is InChI=1S/C13H18N4/c1-13(2,3)12-16-9(8-4-5-8)10-11(14)15-6-7-17(10)12/h6-8H,4-5H2,1-3H3,(H2,14,15). The first kappa shape index (κ1) is 10.6. The maximum Gasteiger partial charge on any atom is 0.149 e. The van der Waals surface area contributed by atoms with E-state index in [2.05, 4.69) is 30.2 Å². The molecule has 2 N–H and O–H groups in total. The minimum Gasteiger partial charge on any atom is -0.382 e. The van der Waals surface area contributed by atoms with Gasteiger partial charge in [0.1, 0.15) is 17.2 Å². The van der Waals surface area contributed by atoms with E-state index in [1.807, 2.05) is 6.20 Å². The van der Waals surface area contributed by atoms with Gasteiger partial charge < -0.3 is 5.73 Å². The van der Waals surface area contributed by atoms with Gasteiger partial charge in [-0.05, 0) is 12.8 Å². The summed E-state index contributed by atoms with van der Waals surface area (Å²) in [5, 5.41) is 0. The number of rotatable bonds is 1. The molecular weight excluding hydrogens is 212 g/mol. The molecule has 0 aliphatic heterocycles. The van der Waals surface area contributed by atoms with Crippen LogP contribution >= 0.6 is 0 Å². The summed E-state index contributed by atoms with van der Waals surface area (Å²) in [6.45, 7) is 6.53. The molecule has 1 aliphatic carbocycles. The van der Waals surface area contributed by atoms with Gasteiger partial charge in [0.25, 0.3) is 0 Å². The highest BCUT2D eigenvalue weighted by atomic mass is 15.1. The third-order valence-corrected chi connectivity index (χ3v) is 3.24.